The van der Waals surface area contributed by atoms with Gasteiger partial charge in [0.25, 0.3) is 5.91 Å². The predicted octanol–water partition coefficient (Wildman–Crippen LogP) is -1.41. The first kappa shape index (κ1) is 9.66. The summed E-state index contributed by atoms with van der Waals surface area (Å²) in [5.41, 5.74) is 5.76. The average molecular weight is 207 g/mol. The van der Waals surface area contributed by atoms with Gasteiger partial charge in [0, 0.05) is 6.42 Å². The van der Waals surface area contributed by atoms with Crippen LogP contribution in [-0.2, 0) is 9.59 Å². The van der Waals surface area contributed by atoms with Crippen molar-refractivity contribution in [2.45, 2.75) is 19.1 Å². The molecule has 2 heterocycles. The van der Waals surface area contributed by atoms with Crippen molar-refractivity contribution in [3.8, 4) is 0 Å². The van der Waals surface area contributed by atoms with Gasteiger partial charge in [0.15, 0.2) is 17.3 Å². The maximum atomic E-state index is 11.5. The first-order valence-corrected chi connectivity index (χ1v) is 4.42. The van der Waals surface area contributed by atoms with Crippen LogP contribution in [0.4, 0.5) is 0 Å². The number of rotatable bonds is 2. The van der Waals surface area contributed by atoms with Crippen molar-refractivity contribution in [1.29, 1.82) is 0 Å². The van der Waals surface area contributed by atoms with Crippen LogP contribution in [-0.4, -0.2) is 35.4 Å². The van der Waals surface area contributed by atoms with Gasteiger partial charge in [-0.3, -0.25) is 15.3 Å². The number of nitrogens with one attached hydrogen (secondary N) is 1. The molecule has 0 aliphatic carbocycles. The predicted molar refractivity (Wildman–Crippen MR) is 53.7 cm³/mol. The van der Waals surface area contributed by atoms with E-state index in [1.807, 2.05) is 0 Å². The molecule has 0 fully saturated rings. The van der Waals surface area contributed by atoms with Gasteiger partial charge in [-0.25, -0.2) is 15.0 Å². The highest BCUT2D eigenvalue weighted by Crippen LogP contribution is 2.12. The van der Waals surface area contributed by atoms with Crippen LogP contribution in [0.3, 0.4) is 0 Å². The number of hydrogen-bond donors (Lipinski definition) is 2. The lowest BCUT2D eigenvalue weighted by atomic mass is 10.1. The average Bonchev–Trinajstić information content (AvgIpc) is 2.64. The summed E-state index contributed by atoms with van der Waals surface area (Å²) >= 11 is 0. The second kappa shape index (κ2) is 3.06. The number of amidine groups is 1. The summed E-state index contributed by atoms with van der Waals surface area (Å²) in [6.45, 7) is 1.64. The van der Waals surface area contributed by atoms with Crippen molar-refractivity contribution in [2.75, 3.05) is 0 Å². The third kappa shape index (κ3) is 1.37. The summed E-state index contributed by atoms with van der Waals surface area (Å²) in [7, 11) is 0. The highest BCUT2D eigenvalue weighted by atomic mass is 16.2. The Hall–Kier alpha value is -1.89. The quantitative estimate of drug-likeness (QED) is 0.580. The van der Waals surface area contributed by atoms with E-state index in [4.69, 9.17) is 5.73 Å². The van der Waals surface area contributed by atoms with E-state index in [1.54, 1.807) is 6.92 Å². The number of Topliss-reactive ketones (excluding diaryl/α,β-unsaturated/α-hetero) is 1. The Morgan fingerprint density at radius 2 is 2.40 bits per heavy atom. The van der Waals surface area contributed by atoms with E-state index in [9.17, 15) is 9.59 Å². The zero-order chi connectivity index (χ0) is 11.1. The second-order valence-electron chi connectivity index (χ2n) is 3.15. The summed E-state index contributed by atoms with van der Waals surface area (Å²) < 4.78 is 0. The molecule has 0 aromatic heterocycles. The summed E-state index contributed by atoms with van der Waals surface area (Å²) in [5.74, 6) is -2.48. The SMILES string of the molecule is CCC(=O)C1(N)N=C2N=CN=C2C(=O)N1. The highest BCUT2D eigenvalue weighted by Gasteiger charge is 2.41. The van der Waals surface area contributed by atoms with Gasteiger partial charge in [0.1, 0.15) is 6.34 Å². The molecule has 2 aliphatic rings. The van der Waals surface area contributed by atoms with Crippen LogP contribution in [0.25, 0.3) is 0 Å². The van der Waals surface area contributed by atoms with E-state index in [-0.39, 0.29) is 23.8 Å². The smallest absolute Gasteiger partial charge is 0.277 e. The van der Waals surface area contributed by atoms with E-state index < -0.39 is 11.7 Å². The molecule has 2 aliphatic heterocycles. The van der Waals surface area contributed by atoms with E-state index in [2.05, 4.69) is 20.3 Å². The number of carbonyl (C=O) groups excluding carboxylic acids is 2. The molecule has 2 rings (SSSR count). The third-order valence-electron chi connectivity index (χ3n) is 2.13. The van der Waals surface area contributed by atoms with E-state index in [0.29, 0.717) is 0 Å². The summed E-state index contributed by atoms with van der Waals surface area (Å²) in [4.78, 5) is 34.3. The fraction of sp³-hybridized carbons (Fsp3) is 0.375. The van der Waals surface area contributed by atoms with Crippen molar-refractivity contribution < 1.29 is 9.59 Å². The second-order valence-corrected chi connectivity index (χ2v) is 3.15. The van der Waals surface area contributed by atoms with Crippen LogP contribution >= 0.6 is 0 Å². The van der Waals surface area contributed by atoms with Gasteiger partial charge in [-0.15, -0.1) is 0 Å². The Labute approximate surface area is 85.2 Å². The van der Waals surface area contributed by atoms with Gasteiger partial charge < -0.3 is 5.32 Å². The standard InChI is InChI=1S/C8H9N5O2/c1-2-4(14)8(9)12-6-5(7(15)13-8)10-3-11-6/h3H,2,9H2,1H3,(H,13,15). The molecule has 0 aromatic carbocycles. The molecule has 7 heteroatoms. The molecule has 0 saturated carbocycles. The molecular weight excluding hydrogens is 198 g/mol. The molecule has 1 unspecified atom stereocenters. The molecule has 0 saturated heterocycles. The normalized spacial score (nSPS) is 28.0. The molecular formula is C8H9N5O2. The molecule has 1 amide bonds. The maximum absolute atomic E-state index is 11.5. The Balaban J connectivity index is 2.44. The Morgan fingerprint density at radius 1 is 1.67 bits per heavy atom. The minimum absolute atomic E-state index is 0.0972. The van der Waals surface area contributed by atoms with Gasteiger partial charge in [-0.2, -0.15) is 0 Å². The molecule has 1 atom stereocenters. The van der Waals surface area contributed by atoms with Crippen molar-refractivity contribution in [3.63, 3.8) is 0 Å². The van der Waals surface area contributed by atoms with Crippen LogP contribution in [0.5, 0.6) is 0 Å². The maximum Gasteiger partial charge on any atom is 0.277 e. The Kier molecular flexibility index (Phi) is 1.97. The van der Waals surface area contributed by atoms with E-state index in [0.717, 1.165) is 0 Å². The van der Waals surface area contributed by atoms with Crippen molar-refractivity contribution >= 4 is 29.6 Å². The van der Waals surface area contributed by atoms with Crippen LogP contribution in [0.1, 0.15) is 13.3 Å². The molecule has 15 heavy (non-hydrogen) atoms. The number of nitrogens with zero attached hydrogens (tertiary/aromatic N) is 3. The van der Waals surface area contributed by atoms with Crippen molar-refractivity contribution in [1.82, 2.24) is 5.32 Å². The topological polar surface area (TPSA) is 109 Å². The zero-order valence-corrected chi connectivity index (χ0v) is 8.02. The van der Waals surface area contributed by atoms with Crippen molar-refractivity contribution in [2.24, 2.45) is 20.7 Å². The zero-order valence-electron chi connectivity index (χ0n) is 8.02. The fourth-order valence-electron chi connectivity index (χ4n) is 1.33. The number of ketones is 1. The largest absolute Gasteiger partial charge is 0.308 e. The molecule has 7 nitrogen and oxygen atoms in total. The van der Waals surface area contributed by atoms with Gasteiger partial charge in [0.2, 0.25) is 5.79 Å². The summed E-state index contributed by atoms with van der Waals surface area (Å²) in [5, 5.41) is 2.31. The van der Waals surface area contributed by atoms with Crippen LogP contribution in [0.2, 0.25) is 0 Å². The fourth-order valence-corrected chi connectivity index (χ4v) is 1.33. The number of fused-ring (bicyclic) bond motifs is 1. The number of aliphatic imine (C=N–C) groups is 3. The lowest BCUT2D eigenvalue weighted by Crippen LogP contribution is -2.65. The number of carbonyl (C=O) groups is 2. The van der Waals surface area contributed by atoms with Gasteiger partial charge >= 0.3 is 0 Å². The Morgan fingerprint density at radius 3 is 3.07 bits per heavy atom. The molecule has 0 spiro atoms. The van der Waals surface area contributed by atoms with E-state index >= 15 is 0 Å². The highest BCUT2D eigenvalue weighted by molar-refractivity contribution is 6.70. The summed E-state index contributed by atoms with van der Waals surface area (Å²) in [6.07, 6.45) is 1.39. The molecule has 0 radical (unpaired) electrons. The third-order valence-corrected chi connectivity index (χ3v) is 2.13. The van der Waals surface area contributed by atoms with Gasteiger partial charge in [0.05, 0.1) is 0 Å². The molecule has 0 aromatic rings. The molecule has 78 valence electrons. The van der Waals surface area contributed by atoms with Gasteiger partial charge in [-0.1, -0.05) is 6.92 Å². The minimum Gasteiger partial charge on any atom is -0.308 e. The van der Waals surface area contributed by atoms with E-state index in [1.165, 1.54) is 6.34 Å². The summed E-state index contributed by atoms with van der Waals surface area (Å²) in [6, 6.07) is 0. The monoisotopic (exact) mass is 207 g/mol. The van der Waals surface area contributed by atoms with Crippen LogP contribution < -0.4 is 11.1 Å². The first-order chi connectivity index (χ1) is 7.07. The molecule has 3 N–H and O–H groups in total. The molecule has 0 bridgehead atoms. The first-order valence-electron chi connectivity index (χ1n) is 4.42. The lowest BCUT2D eigenvalue weighted by Gasteiger charge is -2.27. The Bertz CT molecular complexity index is 436. The lowest BCUT2D eigenvalue weighted by molar-refractivity contribution is -0.129. The van der Waals surface area contributed by atoms with Crippen LogP contribution in [0.15, 0.2) is 15.0 Å². The number of amides is 1. The van der Waals surface area contributed by atoms with Gasteiger partial charge in [-0.05, 0) is 0 Å². The minimum atomic E-state index is -1.69. The number of nitrogens with two attached hydrogens (primary N) is 1. The van der Waals surface area contributed by atoms with Crippen molar-refractivity contribution in [3.05, 3.63) is 0 Å². The van der Waals surface area contributed by atoms with Crippen LogP contribution in [0, 0.1) is 0 Å². The number of hydrogen-bond acceptors (Lipinski definition) is 6.